The molecule has 132 heavy (non-hydrogen) atoms. The highest BCUT2D eigenvalue weighted by molar-refractivity contribution is 8.00. The van der Waals surface area contributed by atoms with E-state index in [0.717, 1.165) is 25.6 Å². The van der Waals surface area contributed by atoms with E-state index in [2.05, 4.69) is 79.8 Å². The van der Waals surface area contributed by atoms with E-state index in [4.69, 9.17) is 5.73 Å². The van der Waals surface area contributed by atoms with Gasteiger partial charge in [0.25, 0.3) is 5.56 Å². The Morgan fingerprint density at radius 3 is 1.32 bits per heavy atom. The number of aliphatic hydroxyl groups is 4. The molecule has 0 saturated carbocycles. The van der Waals surface area contributed by atoms with Crippen LogP contribution in [0.1, 0.15) is 129 Å². The zero-order chi connectivity index (χ0) is 98.6. The highest BCUT2D eigenvalue weighted by atomic mass is 32.2. The summed E-state index contributed by atoms with van der Waals surface area (Å²) in [6.45, 7) is 9.07. The number of thioether (sulfide) groups is 1. The Labute approximate surface area is 764 Å². The lowest BCUT2D eigenvalue weighted by Gasteiger charge is -2.30. The molecule has 0 aliphatic heterocycles. The van der Waals surface area contributed by atoms with Gasteiger partial charge in [0, 0.05) is 56.6 Å². The number of carbonyl (C=O) groups excluding carboxylic acids is 15. The number of nitrogens with one attached hydrogen (secondary N) is 15. The predicted molar refractivity (Wildman–Crippen MR) is 474 cm³/mol. The number of pyridine rings is 1. The first-order valence-electron chi connectivity index (χ1n) is 42.6. The van der Waals surface area contributed by atoms with Gasteiger partial charge in [0.05, 0.1) is 56.3 Å². The van der Waals surface area contributed by atoms with Crippen molar-refractivity contribution in [1.82, 2.24) is 84.3 Å². The number of hydrogen-bond acceptors (Lipinski definition) is 27. The smallest absolute Gasteiger partial charge is 0.305 e. The highest BCUT2D eigenvalue weighted by Gasteiger charge is 2.40. The van der Waals surface area contributed by atoms with Gasteiger partial charge < -0.3 is 136 Å². The van der Waals surface area contributed by atoms with E-state index < -0.39 is 261 Å². The average Bonchev–Trinajstić information content (AvgIpc) is 0.834. The summed E-state index contributed by atoms with van der Waals surface area (Å²) in [6.07, 6.45) is -4.83. The molecule has 1 aromatic heterocycles. The molecule has 0 aliphatic rings. The molecule has 4 aromatic rings. The van der Waals surface area contributed by atoms with E-state index in [1.165, 1.54) is 72.2 Å². The second-order valence-electron chi connectivity index (χ2n) is 32.0. The molecule has 0 fully saturated rings. The van der Waals surface area contributed by atoms with Gasteiger partial charge in [0.1, 0.15) is 84.0 Å². The number of hydrogen-bond donors (Lipinski definition) is 25. The van der Waals surface area contributed by atoms with E-state index in [1.54, 1.807) is 71.1 Å². The molecule has 26 N–H and O–H groups in total. The van der Waals surface area contributed by atoms with Crippen LogP contribution in [0.25, 0.3) is 0 Å². The van der Waals surface area contributed by atoms with Crippen molar-refractivity contribution in [3.63, 3.8) is 0 Å². The van der Waals surface area contributed by atoms with Gasteiger partial charge in [-0.25, -0.2) is 0 Å². The zero-order valence-electron chi connectivity index (χ0n) is 74.4. The summed E-state index contributed by atoms with van der Waals surface area (Å²) in [7, 11) is 0. The molecule has 726 valence electrons. The van der Waals surface area contributed by atoms with Crippen LogP contribution in [0.2, 0.25) is 0 Å². The summed E-state index contributed by atoms with van der Waals surface area (Å²) < 4.78 is 1.40. The number of aromatic hydroxyl groups is 2. The van der Waals surface area contributed by atoms with Gasteiger partial charge in [0.2, 0.25) is 88.6 Å². The molecular formula is C86H123N17O28S. The van der Waals surface area contributed by atoms with Gasteiger partial charge in [0.15, 0.2) is 0 Å². The Kier molecular flexibility index (Phi) is 48.1. The topological polar surface area (TPSA) is 718 Å². The van der Waals surface area contributed by atoms with Crippen molar-refractivity contribution in [2.75, 3.05) is 44.4 Å². The minimum Gasteiger partial charge on any atom is -0.508 e. The summed E-state index contributed by atoms with van der Waals surface area (Å²) in [5, 5.41) is 128. The lowest BCUT2D eigenvalue weighted by molar-refractivity contribution is -0.142. The highest BCUT2D eigenvalue weighted by Crippen LogP contribution is 2.18. The number of phenols is 2. The molecule has 46 heteroatoms. The number of aliphatic hydroxyl groups excluding tert-OH is 4. The van der Waals surface area contributed by atoms with Gasteiger partial charge in [-0.2, -0.15) is 0 Å². The van der Waals surface area contributed by atoms with Gasteiger partial charge in [-0.15, -0.1) is 11.8 Å². The molecule has 15 amide bonds. The maximum Gasteiger partial charge on any atom is 0.305 e. The summed E-state index contributed by atoms with van der Waals surface area (Å²) in [6, 6.07) is -0.980. The molecule has 3 aromatic carbocycles. The molecule has 0 spiro atoms. The predicted octanol–water partition coefficient (Wildman–Crippen LogP) is -5.63. The summed E-state index contributed by atoms with van der Waals surface area (Å²) in [5.74, 6) is -23.5. The lowest BCUT2D eigenvalue weighted by Crippen LogP contribution is -2.63. The van der Waals surface area contributed by atoms with Crippen LogP contribution in [-0.2, 0) is 112 Å². The fraction of sp³-hybridized carbons (Fsp3) is 0.523. The Morgan fingerprint density at radius 1 is 0.417 bits per heavy atom. The number of carboxylic acid groups (broad SMARTS) is 3. The van der Waals surface area contributed by atoms with Gasteiger partial charge in [-0.1, -0.05) is 101 Å². The molecule has 0 saturated heterocycles. The van der Waals surface area contributed by atoms with Crippen LogP contribution in [0.4, 0.5) is 0 Å². The first-order chi connectivity index (χ1) is 62.4. The quantitative estimate of drug-likeness (QED) is 0.0183. The SMILES string of the molecule is CC[C@H](C)[C@H](NC(=O)[C@H](CO)NC(=O)[C@H](Cc1ccc(O)cc1)NC(=O)[C@H](CC(=O)O)NC(=O)[C@H](CO)NC(=O)[C@@H](NC(=O)[C@H](Cc1ccccc1)NC(=O)[C@@H](NC(=O)CNC(=O)[C@H](CCC(=O)O)NC(=O)CSCC(=O)NCCn1cccc(C)c1=O)[C@@H](C)O)[C@@H](C)O)C(=O)N[C@@H](Cc1ccc(O)cc1)C(=O)N[C@@H](CC(C)C)C(=O)N[C@@H](CC(=O)O)C(=O)N[C@H](C)CCCCN. The van der Waals surface area contributed by atoms with E-state index in [-0.39, 0.29) is 72.4 Å². The van der Waals surface area contributed by atoms with E-state index in [9.17, 15) is 137 Å². The maximum absolute atomic E-state index is 14.7. The number of carboxylic acids is 3. The number of benzene rings is 3. The maximum atomic E-state index is 14.7. The van der Waals surface area contributed by atoms with Crippen molar-refractivity contribution in [3.05, 3.63) is 130 Å². The molecule has 4 rings (SSSR count). The molecule has 0 unspecified atom stereocenters. The van der Waals surface area contributed by atoms with Crippen LogP contribution in [0, 0.1) is 18.8 Å². The number of amides is 15. The fourth-order valence-electron chi connectivity index (χ4n) is 13.0. The van der Waals surface area contributed by atoms with Gasteiger partial charge in [-0.3, -0.25) is 91.1 Å². The summed E-state index contributed by atoms with van der Waals surface area (Å²) in [5.41, 5.74) is 6.75. The van der Waals surface area contributed by atoms with Crippen LogP contribution in [-0.4, -0.2) is 292 Å². The van der Waals surface area contributed by atoms with Crippen molar-refractivity contribution >= 4 is 118 Å². The minimum absolute atomic E-state index is 0.0793. The third kappa shape index (κ3) is 40.0. The number of carbonyl (C=O) groups is 18. The average molecular weight is 1880 g/mol. The molecule has 45 nitrogen and oxygen atoms in total. The second-order valence-corrected chi connectivity index (χ2v) is 33.0. The number of aryl methyl sites for hydroxylation is 1. The number of aliphatic carboxylic acids is 3. The van der Waals surface area contributed by atoms with Crippen LogP contribution >= 0.6 is 11.8 Å². The third-order valence-electron chi connectivity index (χ3n) is 20.4. The first kappa shape index (κ1) is 111. The summed E-state index contributed by atoms with van der Waals surface area (Å²) in [4.78, 5) is 258. The number of unbranched alkanes of at least 4 members (excludes halogenated alkanes) is 1. The lowest BCUT2D eigenvalue weighted by atomic mass is 9.96. The van der Waals surface area contributed by atoms with Crippen LogP contribution in [0.15, 0.2) is 102 Å². The first-order valence-corrected chi connectivity index (χ1v) is 43.8. The third-order valence-corrected chi connectivity index (χ3v) is 21.4. The van der Waals surface area contributed by atoms with Crippen molar-refractivity contribution < 1.29 is 132 Å². The number of rotatable bonds is 59. The van der Waals surface area contributed by atoms with E-state index >= 15 is 0 Å². The Morgan fingerprint density at radius 2 is 0.833 bits per heavy atom. The molecule has 16 atom stereocenters. The monoisotopic (exact) mass is 1870 g/mol. The number of phenolic OH excluding ortho intramolecular Hbond substituents is 2. The van der Waals surface area contributed by atoms with Crippen molar-refractivity contribution in [3.8, 4) is 11.5 Å². The molecule has 1 heterocycles. The molecule has 0 radical (unpaired) electrons. The van der Waals surface area contributed by atoms with Crippen LogP contribution < -0.4 is 91.0 Å². The Balaban J connectivity index is 1.53. The van der Waals surface area contributed by atoms with Crippen LogP contribution in [0.3, 0.4) is 0 Å². The largest absolute Gasteiger partial charge is 0.508 e. The molecular weight excluding hydrogens is 1750 g/mol. The van der Waals surface area contributed by atoms with Crippen molar-refractivity contribution in [1.29, 1.82) is 0 Å². The van der Waals surface area contributed by atoms with Crippen LogP contribution in [0.5, 0.6) is 11.5 Å². The van der Waals surface area contributed by atoms with Crippen molar-refractivity contribution in [2.24, 2.45) is 17.6 Å². The number of aromatic nitrogens is 1. The second kappa shape index (κ2) is 57.1. The normalized spacial score (nSPS) is 14.7. The molecule has 0 bridgehead atoms. The summed E-state index contributed by atoms with van der Waals surface area (Å²) >= 11 is 0.843. The fourth-order valence-corrected chi connectivity index (χ4v) is 13.6. The number of nitrogens with two attached hydrogens (primary N) is 1. The number of nitrogens with zero attached hydrogens (tertiary/aromatic N) is 1. The van der Waals surface area contributed by atoms with Gasteiger partial charge in [-0.05, 0) is 119 Å². The Bertz CT molecular complexity index is 4640. The standard InChI is InChI=1S/C86H123N17O28S/c1-9-46(4)71(83(128)96-59(37-53-22-26-55(109)27-23-53)77(122)92-57(34-45(2)3)76(121)94-61(38-69(115)116)75(120)90-48(6)17-13-14-30-87)101-82(127)64(42-105)98-78(123)58(36-52-20-24-54(108)25-21-52)93-79(124)62(39-70(117)118)95-81(126)63(41-104)99-85(130)73(50(8)107)102-80(125)60(35-51-18-11-10-12-19-51)97-84(129)72(49(7)106)100-65(110)40-89-74(119)56(28-29-68(113)114)91-67(112)44-132-43-66(111)88-31-33-103-32-15-16-47(5)86(103)131/h10-12,15-16,18-27,32,45-46,48-50,56-64,71-73,104-109H,9,13-14,17,28-31,33-44,87H2,1-8H3,(H,88,111)(H,89,119)(H,90,120)(H,91,112)(H,92,122)(H,93,124)(H,94,121)(H,95,126)(H,96,128)(H,97,129)(H,98,123)(H,99,130)(H,100,110)(H,101,127)(H,102,125)(H,113,114)(H,115,116)(H,117,118)/t46-,48+,49+,50+,56-,57-,58-,59-,60-,61-,62-,63-,64-,71-,72-,73-/m0/s1. The van der Waals surface area contributed by atoms with Gasteiger partial charge >= 0.3 is 17.9 Å². The molecule has 0 aliphatic carbocycles. The Hall–Kier alpha value is -13.2. The van der Waals surface area contributed by atoms with E-state index in [0.29, 0.717) is 42.5 Å². The van der Waals surface area contributed by atoms with E-state index in [1.807, 2.05) is 0 Å². The zero-order valence-corrected chi connectivity index (χ0v) is 75.2. The minimum atomic E-state index is -2.23. The van der Waals surface area contributed by atoms with Crippen molar-refractivity contribution in [2.45, 2.75) is 230 Å².